The smallest absolute Gasteiger partial charge is 0.409 e. The van der Waals surface area contributed by atoms with Gasteiger partial charge in [-0.25, -0.2) is 14.8 Å². The minimum absolute atomic E-state index is 0.0414. The molecule has 0 unspecified atom stereocenters. The maximum atomic E-state index is 11.8. The molecule has 0 fully saturated rings. The molecule has 22 heavy (non-hydrogen) atoms. The van der Waals surface area contributed by atoms with Crippen molar-refractivity contribution in [1.82, 2.24) is 25.0 Å². The van der Waals surface area contributed by atoms with Gasteiger partial charge in [0.05, 0.1) is 24.5 Å². The summed E-state index contributed by atoms with van der Waals surface area (Å²) >= 11 is 6.01. The van der Waals surface area contributed by atoms with Crippen LogP contribution in [0.15, 0.2) is 18.5 Å². The summed E-state index contributed by atoms with van der Waals surface area (Å²) in [6.45, 7) is 0. The summed E-state index contributed by atoms with van der Waals surface area (Å²) in [6, 6.07) is 1.32. The van der Waals surface area contributed by atoms with E-state index in [-0.39, 0.29) is 22.3 Å². The fourth-order valence-electron chi connectivity index (χ4n) is 1.44. The first-order valence-electron chi connectivity index (χ1n) is 5.80. The number of hydrogen-bond acceptors (Lipinski definition) is 7. The molecule has 10 nitrogen and oxygen atoms in total. The molecule has 2 rings (SSSR count). The predicted octanol–water partition coefficient (Wildman–Crippen LogP) is 0.407. The normalized spacial score (nSPS) is 10.3. The van der Waals surface area contributed by atoms with Gasteiger partial charge in [-0.1, -0.05) is 11.6 Å². The molecule has 0 aromatic carbocycles. The topological polar surface area (TPSA) is 125 Å². The minimum atomic E-state index is -0.988. The monoisotopic (exact) mass is 326 g/mol. The fraction of sp³-hybridized carbons (Fsp3) is 0.182. The molecule has 2 heterocycles. The molecule has 0 radical (unpaired) electrons. The highest BCUT2D eigenvalue weighted by atomic mass is 35.5. The Kier molecular flexibility index (Phi) is 4.53. The van der Waals surface area contributed by atoms with Gasteiger partial charge in [0.2, 0.25) is 0 Å². The van der Waals surface area contributed by atoms with E-state index in [0.29, 0.717) is 0 Å². The number of carbonyl (C=O) groups is 2. The van der Waals surface area contributed by atoms with Gasteiger partial charge >= 0.3 is 6.09 Å². The maximum absolute atomic E-state index is 11.8. The number of nitrogens with zero attached hydrogens (tertiary/aromatic N) is 5. The summed E-state index contributed by atoms with van der Waals surface area (Å²) in [4.78, 5) is 32.3. The van der Waals surface area contributed by atoms with Crippen LogP contribution in [0.1, 0.15) is 10.5 Å². The van der Waals surface area contributed by atoms with Gasteiger partial charge in [0.25, 0.3) is 5.91 Å². The summed E-state index contributed by atoms with van der Waals surface area (Å²) in [5, 5.41) is 8.95. The van der Waals surface area contributed by atoms with Gasteiger partial charge in [-0.15, -0.1) is 9.90 Å². The highest BCUT2D eigenvalue weighted by Gasteiger charge is 2.17. The zero-order valence-corrected chi connectivity index (χ0v) is 12.3. The van der Waals surface area contributed by atoms with E-state index in [1.54, 1.807) is 0 Å². The van der Waals surface area contributed by atoms with Crippen LogP contribution in [0.2, 0.25) is 5.02 Å². The van der Waals surface area contributed by atoms with E-state index in [1.165, 1.54) is 32.6 Å². The molecule has 2 aromatic heterocycles. The van der Waals surface area contributed by atoms with Crippen molar-refractivity contribution in [2.75, 3.05) is 14.2 Å². The highest BCUT2D eigenvalue weighted by molar-refractivity contribution is 6.32. The van der Waals surface area contributed by atoms with Gasteiger partial charge in [0.1, 0.15) is 0 Å². The lowest BCUT2D eigenvalue weighted by atomic mass is 10.4. The Morgan fingerprint density at radius 3 is 2.73 bits per heavy atom. The molecule has 2 amide bonds. The lowest BCUT2D eigenvalue weighted by molar-refractivity contribution is -0.0760. The van der Waals surface area contributed by atoms with E-state index in [1.807, 2.05) is 0 Å². The van der Waals surface area contributed by atoms with Crippen molar-refractivity contribution in [3.63, 3.8) is 0 Å². The van der Waals surface area contributed by atoms with Crippen molar-refractivity contribution < 1.29 is 19.2 Å². The number of hydrogen-bond donors (Lipinski definition) is 1. The van der Waals surface area contributed by atoms with E-state index in [2.05, 4.69) is 19.9 Å². The van der Waals surface area contributed by atoms with E-state index < -0.39 is 12.0 Å². The number of hydroxylamine groups is 2. The molecule has 0 aliphatic heterocycles. The second-order valence-corrected chi connectivity index (χ2v) is 4.31. The van der Waals surface area contributed by atoms with Crippen molar-refractivity contribution in [2.45, 2.75) is 0 Å². The molecule has 2 N–H and O–H groups in total. The Hall–Kier alpha value is -2.72. The predicted molar refractivity (Wildman–Crippen MR) is 73.5 cm³/mol. The van der Waals surface area contributed by atoms with Gasteiger partial charge in [-0.2, -0.15) is 5.10 Å². The number of pyridine rings is 1. The van der Waals surface area contributed by atoms with Crippen LogP contribution in [0.4, 0.5) is 4.79 Å². The average molecular weight is 327 g/mol. The first-order valence-corrected chi connectivity index (χ1v) is 6.18. The van der Waals surface area contributed by atoms with E-state index in [0.717, 1.165) is 9.86 Å². The number of ether oxygens (including phenoxy) is 1. The summed E-state index contributed by atoms with van der Waals surface area (Å²) < 4.78 is 4.64. The Bertz CT molecular complexity index is 718. The average Bonchev–Trinajstić information content (AvgIpc) is 2.94. The van der Waals surface area contributed by atoms with Gasteiger partial charge in [0.15, 0.2) is 17.3 Å². The third-order valence-corrected chi connectivity index (χ3v) is 2.75. The minimum Gasteiger partial charge on any atom is -0.409 e. The first-order chi connectivity index (χ1) is 10.4. The van der Waals surface area contributed by atoms with E-state index >= 15 is 0 Å². The molecular weight excluding hydrogens is 316 g/mol. The van der Waals surface area contributed by atoms with Crippen molar-refractivity contribution >= 4 is 23.6 Å². The van der Waals surface area contributed by atoms with Gasteiger partial charge in [-0.3, -0.25) is 9.63 Å². The molecule has 0 aliphatic rings. The summed E-state index contributed by atoms with van der Waals surface area (Å²) in [5.41, 5.74) is 4.93. The number of halogens is 1. The summed E-state index contributed by atoms with van der Waals surface area (Å²) in [7, 11) is 2.78. The van der Waals surface area contributed by atoms with Crippen molar-refractivity contribution in [3.8, 4) is 11.6 Å². The molecule has 0 saturated heterocycles. The number of primary amides is 1. The van der Waals surface area contributed by atoms with E-state index in [9.17, 15) is 9.59 Å². The molecule has 0 bridgehead atoms. The lowest BCUT2D eigenvalue weighted by Gasteiger charge is -2.10. The fourth-order valence-corrected chi connectivity index (χ4v) is 1.67. The van der Waals surface area contributed by atoms with Gasteiger partial charge < -0.3 is 10.5 Å². The second-order valence-electron chi connectivity index (χ2n) is 3.90. The molecular formula is C11H11ClN6O4. The summed E-state index contributed by atoms with van der Waals surface area (Å²) in [5.74, 6) is -0.264. The zero-order chi connectivity index (χ0) is 16.3. The van der Waals surface area contributed by atoms with Crippen LogP contribution in [-0.4, -0.2) is 51.2 Å². The summed E-state index contributed by atoms with van der Waals surface area (Å²) in [6.07, 6.45) is 1.47. The van der Waals surface area contributed by atoms with Crippen LogP contribution in [0.25, 0.3) is 5.82 Å². The van der Waals surface area contributed by atoms with Crippen LogP contribution in [-0.2, 0) is 4.84 Å². The number of nitrogens with two attached hydrogens (primary N) is 1. The second kappa shape index (κ2) is 6.37. The standard InChI is InChI=1S/C11H11ClN6O4/c1-17(21-2)10(19)8-5-15-18(16-8)9-7(12)3-6(4-14-9)22-11(13)20/h3-5H,1-2H3,(H2,13,20). The van der Waals surface area contributed by atoms with Gasteiger partial charge in [0, 0.05) is 13.1 Å². The largest absolute Gasteiger partial charge is 0.410 e. The molecule has 116 valence electrons. The van der Waals surface area contributed by atoms with Crippen LogP contribution in [0.3, 0.4) is 0 Å². The number of aromatic nitrogens is 4. The Labute approximate surface area is 129 Å². The number of carbonyl (C=O) groups excluding carboxylic acids is 2. The molecule has 11 heteroatoms. The van der Waals surface area contributed by atoms with Crippen molar-refractivity contribution in [3.05, 3.63) is 29.2 Å². The first kappa shape index (κ1) is 15.7. The van der Waals surface area contributed by atoms with Crippen LogP contribution in [0.5, 0.6) is 5.75 Å². The van der Waals surface area contributed by atoms with Crippen molar-refractivity contribution in [2.24, 2.45) is 5.73 Å². The lowest BCUT2D eigenvalue weighted by Crippen LogP contribution is -2.25. The van der Waals surface area contributed by atoms with Crippen molar-refractivity contribution in [1.29, 1.82) is 0 Å². The van der Waals surface area contributed by atoms with Crippen LogP contribution in [0, 0.1) is 0 Å². The Morgan fingerprint density at radius 1 is 1.41 bits per heavy atom. The third-order valence-electron chi connectivity index (χ3n) is 2.48. The highest BCUT2D eigenvalue weighted by Crippen LogP contribution is 2.22. The molecule has 2 aromatic rings. The molecule has 0 atom stereocenters. The molecule has 0 saturated carbocycles. The quantitative estimate of drug-likeness (QED) is 0.806. The third kappa shape index (κ3) is 3.30. The van der Waals surface area contributed by atoms with Crippen LogP contribution >= 0.6 is 11.6 Å². The van der Waals surface area contributed by atoms with Gasteiger partial charge in [-0.05, 0) is 0 Å². The number of amides is 2. The Morgan fingerprint density at radius 2 is 2.14 bits per heavy atom. The molecule has 0 spiro atoms. The number of rotatable bonds is 4. The zero-order valence-electron chi connectivity index (χ0n) is 11.6. The Balaban J connectivity index is 2.28. The maximum Gasteiger partial charge on any atom is 0.410 e. The van der Waals surface area contributed by atoms with Crippen LogP contribution < -0.4 is 10.5 Å². The SMILES string of the molecule is CON(C)C(=O)c1cnn(-c2ncc(OC(N)=O)cc2Cl)n1. The van der Waals surface area contributed by atoms with E-state index in [4.69, 9.17) is 22.2 Å². The molecule has 0 aliphatic carbocycles.